The molecule has 0 aliphatic carbocycles. The SMILES string of the molecule is C[SiH](C)C(C)(C)C.[Li][CH2]CCCCCS(=O)(=O)O. The maximum absolute atomic E-state index is 10.2. The summed E-state index contributed by atoms with van der Waals surface area (Å²) in [5, 5.41) is 1.78. The van der Waals surface area contributed by atoms with E-state index in [1.807, 2.05) is 0 Å². The van der Waals surface area contributed by atoms with Crippen LogP contribution in [0.15, 0.2) is 0 Å². The second kappa shape index (κ2) is 10.5. The Morgan fingerprint density at radius 1 is 1.06 bits per heavy atom. The summed E-state index contributed by atoms with van der Waals surface area (Å²) in [7, 11) is -4.07. The predicted octanol–water partition coefficient (Wildman–Crippen LogP) is 3.29. The van der Waals surface area contributed by atoms with Crippen LogP contribution in [-0.2, 0) is 10.1 Å². The molecule has 3 nitrogen and oxygen atoms in total. The number of unbranched alkanes of at least 4 members (excludes halogenated alkanes) is 3. The van der Waals surface area contributed by atoms with E-state index >= 15 is 0 Å². The van der Waals surface area contributed by atoms with Crippen molar-refractivity contribution in [1.82, 2.24) is 0 Å². The van der Waals surface area contributed by atoms with Gasteiger partial charge in [0.05, 0.1) is 0 Å². The molecule has 106 valence electrons. The molecular formula is C12H29LiO3SSi. The summed E-state index contributed by atoms with van der Waals surface area (Å²) in [6.45, 7) is 11.7. The van der Waals surface area contributed by atoms with Crippen LogP contribution >= 0.6 is 0 Å². The van der Waals surface area contributed by atoms with Gasteiger partial charge in [0.15, 0.2) is 0 Å². The average molecular weight is 288 g/mol. The van der Waals surface area contributed by atoms with Gasteiger partial charge in [0.25, 0.3) is 0 Å². The van der Waals surface area contributed by atoms with Crippen molar-refractivity contribution in [2.75, 3.05) is 5.75 Å². The van der Waals surface area contributed by atoms with Gasteiger partial charge in [-0.2, -0.15) is 0 Å². The van der Waals surface area contributed by atoms with Crippen LogP contribution in [0.5, 0.6) is 0 Å². The van der Waals surface area contributed by atoms with E-state index in [-0.39, 0.29) is 14.5 Å². The van der Waals surface area contributed by atoms with Gasteiger partial charge in [0.1, 0.15) is 0 Å². The van der Waals surface area contributed by atoms with Crippen LogP contribution in [0.2, 0.25) is 23.2 Å². The molecule has 0 bridgehead atoms. The number of hydrogen-bond donors (Lipinski definition) is 1. The van der Waals surface area contributed by atoms with Gasteiger partial charge in [-0.05, 0) is 5.04 Å². The molecule has 0 aromatic heterocycles. The Labute approximate surface area is 125 Å². The zero-order chi connectivity index (χ0) is 14.8. The van der Waals surface area contributed by atoms with Crippen molar-refractivity contribution in [3.63, 3.8) is 0 Å². The third kappa shape index (κ3) is 19.1. The summed E-state index contributed by atoms with van der Waals surface area (Å²) in [5.41, 5.74) is 0. The molecule has 0 radical (unpaired) electrons. The zero-order valence-corrected chi connectivity index (χ0v) is 15.0. The molecule has 0 saturated carbocycles. The van der Waals surface area contributed by atoms with Crippen molar-refractivity contribution in [2.24, 2.45) is 0 Å². The fraction of sp³-hybridized carbons (Fsp3) is 1.00. The van der Waals surface area contributed by atoms with Crippen LogP contribution < -0.4 is 0 Å². The van der Waals surface area contributed by atoms with Gasteiger partial charge >= 0.3 is 77.3 Å². The third-order valence-corrected chi connectivity index (χ3v) is 7.51. The van der Waals surface area contributed by atoms with Crippen molar-refractivity contribution in [1.29, 1.82) is 0 Å². The monoisotopic (exact) mass is 288 g/mol. The summed E-state index contributed by atoms with van der Waals surface area (Å²) in [5.74, 6) is -0.0866. The average Bonchev–Trinajstić information content (AvgIpc) is 2.15. The number of hydrogen-bond acceptors (Lipinski definition) is 2. The van der Waals surface area contributed by atoms with E-state index in [1.165, 1.54) is 0 Å². The van der Waals surface area contributed by atoms with Gasteiger partial charge in [-0.3, -0.25) is 0 Å². The molecule has 0 aromatic carbocycles. The van der Waals surface area contributed by atoms with Crippen LogP contribution in [0.4, 0.5) is 0 Å². The summed E-state index contributed by atoms with van der Waals surface area (Å²) >= 11 is 2.10. The zero-order valence-electron chi connectivity index (χ0n) is 13.0. The quantitative estimate of drug-likeness (QED) is 0.463. The van der Waals surface area contributed by atoms with Crippen molar-refractivity contribution in [2.45, 2.75) is 69.7 Å². The Kier molecular flexibility index (Phi) is 12.3. The van der Waals surface area contributed by atoms with Crippen LogP contribution in [0.25, 0.3) is 0 Å². The van der Waals surface area contributed by atoms with E-state index in [2.05, 4.69) is 51.6 Å². The molecule has 6 heteroatoms. The summed E-state index contributed by atoms with van der Waals surface area (Å²) in [4.78, 5) is 0. The fourth-order valence-corrected chi connectivity index (χ4v) is 1.46. The van der Waals surface area contributed by atoms with Crippen molar-refractivity contribution >= 4 is 36.6 Å². The Morgan fingerprint density at radius 3 is 1.72 bits per heavy atom. The molecule has 0 rings (SSSR count). The molecule has 0 amide bonds. The molecule has 0 aromatic rings. The molecule has 0 aliphatic rings. The van der Waals surface area contributed by atoms with Crippen molar-refractivity contribution in [3.05, 3.63) is 0 Å². The second-order valence-electron chi connectivity index (χ2n) is 6.22. The van der Waals surface area contributed by atoms with Crippen molar-refractivity contribution in [3.8, 4) is 0 Å². The first-order chi connectivity index (χ1) is 8.00. The van der Waals surface area contributed by atoms with Crippen LogP contribution in [0.3, 0.4) is 0 Å². The van der Waals surface area contributed by atoms with E-state index in [1.54, 1.807) is 0 Å². The van der Waals surface area contributed by atoms with Gasteiger partial charge in [0, 0.05) is 8.80 Å². The minimum atomic E-state index is -3.71. The van der Waals surface area contributed by atoms with Gasteiger partial charge < -0.3 is 0 Å². The third-order valence-electron chi connectivity index (χ3n) is 3.24. The Balaban J connectivity index is 0. The van der Waals surface area contributed by atoms with Crippen LogP contribution in [0, 0.1) is 0 Å². The molecule has 18 heavy (non-hydrogen) atoms. The molecule has 0 spiro atoms. The van der Waals surface area contributed by atoms with E-state index in [0.717, 1.165) is 24.4 Å². The Bertz CT molecular complexity index is 284. The summed E-state index contributed by atoms with van der Waals surface area (Å²) in [6, 6.07) is 0. The van der Waals surface area contributed by atoms with Gasteiger partial charge in [-0.15, -0.1) is 0 Å². The first-order valence-electron chi connectivity index (χ1n) is 6.96. The molecule has 0 unspecified atom stereocenters. The normalized spacial score (nSPS) is 12.3. The summed E-state index contributed by atoms with van der Waals surface area (Å²) in [6.07, 6.45) is 3.68. The molecule has 0 aliphatic heterocycles. The van der Waals surface area contributed by atoms with E-state index in [9.17, 15) is 8.42 Å². The predicted molar refractivity (Wildman–Crippen MR) is 84.0 cm³/mol. The Morgan fingerprint density at radius 2 is 1.44 bits per heavy atom. The first-order valence-corrected chi connectivity index (χ1v) is 11.5. The number of rotatable bonds is 6. The minimum absolute atomic E-state index is 0.0866. The van der Waals surface area contributed by atoms with E-state index < -0.39 is 10.1 Å². The van der Waals surface area contributed by atoms with E-state index in [4.69, 9.17) is 4.55 Å². The van der Waals surface area contributed by atoms with Crippen molar-refractivity contribution < 1.29 is 13.0 Å². The first kappa shape index (κ1) is 21.0. The topological polar surface area (TPSA) is 54.4 Å². The molecule has 0 heterocycles. The maximum atomic E-state index is 10.2. The molecule has 0 saturated heterocycles. The molecule has 0 fully saturated rings. The van der Waals surface area contributed by atoms with Gasteiger partial charge in [0.2, 0.25) is 0 Å². The fourth-order valence-electron chi connectivity index (χ4n) is 0.888. The molecule has 0 atom stereocenters. The van der Waals surface area contributed by atoms with Crippen LogP contribution in [-0.4, -0.2) is 45.2 Å². The second-order valence-corrected chi connectivity index (χ2v) is 11.8. The molecular weight excluding hydrogens is 259 g/mol. The molecule has 1 N–H and O–H groups in total. The Hall–Kier alpha value is 0.724. The van der Waals surface area contributed by atoms with Crippen LogP contribution in [0.1, 0.15) is 46.5 Å². The standard InChI is InChI=1S/C6H13O3S.C6H16Si.Li/c1-2-3-4-5-6-10(7,8)9;1-6(2,3)7(4)5;/h1-6H2,(H,7,8,9);7H,1-5H3;. The van der Waals surface area contributed by atoms with E-state index in [0.29, 0.717) is 11.5 Å². The summed E-state index contributed by atoms with van der Waals surface area (Å²) < 4.78 is 28.8. The van der Waals surface area contributed by atoms with Gasteiger partial charge in [-0.25, -0.2) is 0 Å². The van der Waals surface area contributed by atoms with Gasteiger partial charge in [-0.1, -0.05) is 33.9 Å².